The van der Waals surface area contributed by atoms with Crippen LogP contribution >= 0.6 is 23.4 Å². The first kappa shape index (κ1) is 17.3. The van der Waals surface area contributed by atoms with Crippen molar-refractivity contribution in [2.45, 2.75) is 12.1 Å². The van der Waals surface area contributed by atoms with Crippen LogP contribution in [-0.2, 0) is 4.79 Å². The van der Waals surface area contributed by atoms with Crippen molar-refractivity contribution in [3.05, 3.63) is 34.9 Å². The van der Waals surface area contributed by atoms with Gasteiger partial charge < -0.3 is 11.5 Å². The van der Waals surface area contributed by atoms with Gasteiger partial charge in [0.2, 0.25) is 5.91 Å². The number of halogens is 1. The van der Waals surface area contributed by atoms with Crippen LogP contribution in [0.1, 0.15) is 11.5 Å². The summed E-state index contributed by atoms with van der Waals surface area (Å²) in [6.07, 6.45) is -0.541. The molecule has 1 aliphatic rings. The third-order valence-corrected chi connectivity index (χ3v) is 5.06. The highest BCUT2D eigenvalue weighted by Gasteiger charge is 2.44. The summed E-state index contributed by atoms with van der Waals surface area (Å²) < 4.78 is 0. The number of aliphatic imine (C=N–C) groups is 1. The van der Waals surface area contributed by atoms with Crippen LogP contribution in [0.25, 0.3) is 0 Å². The predicted molar refractivity (Wildman–Crippen MR) is 88.2 cm³/mol. The molecule has 1 aromatic rings. The summed E-state index contributed by atoms with van der Waals surface area (Å²) >= 11 is 7.38. The summed E-state index contributed by atoms with van der Waals surface area (Å²) in [5, 5.41) is 20.1. The monoisotopic (exact) mass is 348 g/mol. The zero-order chi connectivity index (χ0) is 17.0. The zero-order valence-electron chi connectivity index (χ0n) is 12.1. The van der Waals surface area contributed by atoms with E-state index in [-0.39, 0.29) is 5.75 Å². The molecule has 5 N–H and O–H groups in total. The van der Waals surface area contributed by atoms with E-state index in [1.165, 1.54) is 0 Å². The minimum atomic E-state index is -0.665. The summed E-state index contributed by atoms with van der Waals surface area (Å²) in [4.78, 5) is 15.4. The van der Waals surface area contributed by atoms with Crippen molar-refractivity contribution < 1.29 is 10.5 Å². The highest BCUT2D eigenvalue weighted by atomic mass is 35.5. The fraction of sp³-hybridized carbons (Fsp3) is 0.333. The number of thioether (sulfide) groups is 1. The van der Waals surface area contributed by atoms with Crippen LogP contribution in [-0.4, -0.2) is 22.9 Å². The molecule has 23 heavy (non-hydrogen) atoms. The van der Waals surface area contributed by atoms with E-state index in [0.29, 0.717) is 15.6 Å². The summed E-state index contributed by atoms with van der Waals surface area (Å²) in [6.45, 7) is 0. The van der Waals surface area contributed by atoms with Gasteiger partial charge in [-0.1, -0.05) is 41.6 Å². The Hall–Kier alpha value is -2.06. The average Bonchev–Trinajstić information content (AvgIpc) is 2.52. The number of amides is 1. The number of quaternary nitrogens is 1. The molecule has 1 aliphatic heterocycles. The average molecular weight is 349 g/mol. The normalized spacial score (nSPS) is 26.7. The third-order valence-electron chi connectivity index (χ3n) is 3.63. The smallest absolute Gasteiger partial charge is 0.227 e. The molecule has 1 amide bonds. The van der Waals surface area contributed by atoms with Gasteiger partial charge >= 0.3 is 0 Å². The summed E-state index contributed by atoms with van der Waals surface area (Å²) in [5.41, 5.74) is 9.79. The predicted octanol–water partition coefficient (Wildman–Crippen LogP) is 0.902. The minimum absolute atomic E-state index is 0.0240. The van der Waals surface area contributed by atoms with Crippen molar-refractivity contribution in [3.8, 4) is 12.1 Å². The van der Waals surface area contributed by atoms with Crippen molar-refractivity contribution in [3.63, 3.8) is 0 Å². The zero-order valence-corrected chi connectivity index (χ0v) is 13.7. The van der Waals surface area contributed by atoms with E-state index in [1.54, 1.807) is 18.2 Å². The van der Waals surface area contributed by atoms with Gasteiger partial charge in [0.25, 0.3) is 0 Å². The van der Waals surface area contributed by atoms with Gasteiger partial charge in [-0.2, -0.15) is 10.5 Å². The SMILES string of the molecule is N#CC1C(SCC(N)=O)=N[C@@H]([NH3+])[C@@H](C#N)[C@@H]1c1ccccc1Cl. The van der Waals surface area contributed by atoms with E-state index in [2.05, 4.69) is 22.9 Å². The Morgan fingerprint density at radius 1 is 1.39 bits per heavy atom. The molecule has 4 atom stereocenters. The lowest BCUT2D eigenvalue weighted by molar-refractivity contribution is -0.428. The van der Waals surface area contributed by atoms with E-state index in [1.807, 2.05) is 6.07 Å². The maximum Gasteiger partial charge on any atom is 0.227 e. The van der Waals surface area contributed by atoms with E-state index < -0.39 is 29.8 Å². The van der Waals surface area contributed by atoms with Gasteiger partial charge in [-0.3, -0.25) is 4.79 Å². The summed E-state index contributed by atoms with van der Waals surface area (Å²) in [7, 11) is 0. The molecule has 0 saturated heterocycles. The van der Waals surface area contributed by atoms with Crippen LogP contribution in [0.2, 0.25) is 5.02 Å². The molecule has 0 aromatic heterocycles. The Kier molecular flexibility index (Phi) is 5.62. The first-order valence-corrected chi connectivity index (χ1v) is 8.21. The van der Waals surface area contributed by atoms with Gasteiger partial charge in [-0.05, 0) is 11.6 Å². The molecule has 0 saturated carbocycles. The third kappa shape index (κ3) is 3.65. The Bertz CT molecular complexity index is 723. The second-order valence-electron chi connectivity index (χ2n) is 5.10. The molecular formula is C15H15ClN5OS+. The van der Waals surface area contributed by atoms with Crippen molar-refractivity contribution in [1.82, 2.24) is 0 Å². The fourth-order valence-corrected chi connectivity index (χ4v) is 3.76. The molecule has 1 heterocycles. The van der Waals surface area contributed by atoms with Gasteiger partial charge in [0, 0.05) is 10.9 Å². The second-order valence-corrected chi connectivity index (χ2v) is 6.50. The molecule has 8 heteroatoms. The van der Waals surface area contributed by atoms with Gasteiger partial charge in [0.05, 0.1) is 22.9 Å². The molecule has 0 fully saturated rings. The Morgan fingerprint density at radius 2 is 2.09 bits per heavy atom. The van der Waals surface area contributed by atoms with Crippen molar-refractivity contribution in [2.75, 3.05) is 5.75 Å². The van der Waals surface area contributed by atoms with Crippen LogP contribution in [0, 0.1) is 34.5 Å². The Morgan fingerprint density at radius 3 is 2.65 bits per heavy atom. The molecule has 0 aliphatic carbocycles. The number of nitriles is 2. The number of benzene rings is 1. The van der Waals surface area contributed by atoms with E-state index in [0.717, 1.165) is 11.8 Å². The highest BCUT2D eigenvalue weighted by molar-refractivity contribution is 8.14. The second kappa shape index (κ2) is 7.47. The van der Waals surface area contributed by atoms with Crippen LogP contribution < -0.4 is 11.5 Å². The number of hydrogen-bond acceptors (Lipinski definition) is 5. The molecule has 1 aromatic carbocycles. The Labute approximate surface area is 143 Å². The molecule has 118 valence electrons. The molecule has 1 unspecified atom stereocenters. The van der Waals surface area contributed by atoms with Crippen molar-refractivity contribution in [1.29, 1.82) is 10.5 Å². The lowest BCUT2D eigenvalue weighted by Crippen LogP contribution is -2.66. The van der Waals surface area contributed by atoms with Crippen LogP contribution in [0.5, 0.6) is 0 Å². The number of rotatable bonds is 3. The first-order chi connectivity index (χ1) is 11.0. The topological polar surface area (TPSA) is 131 Å². The molecular weight excluding hydrogens is 334 g/mol. The minimum Gasteiger partial charge on any atom is -0.369 e. The number of carbonyl (C=O) groups excluding carboxylic acids is 1. The lowest BCUT2D eigenvalue weighted by Gasteiger charge is -2.32. The van der Waals surface area contributed by atoms with Gasteiger partial charge in [0.15, 0.2) is 6.17 Å². The number of nitrogens with two attached hydrogens (primary N) is 1. The van der Waals surface area contributed by atoms with Crippen LogP contribution in [0.15, 0.2) is 29.3 Å². The van der Waals surface area contributed by atoms with E-state index in [9.17, 15) is 15.3 Å². The standard InChI is InChI=1S/C15H14ClN5OS/c16-11-4-2-1-3-8(11)13-9(5-17)14(20)21-15(10(13)6-18)23-7-12(19)22/h1-4,9-10,13-14H,7,20H2,(H2,19,22)/p+1/t9-,10?,13-,14+/m0/s1. The molecule has 6 nitrogen and oxygen atoms in total. The van der Waals surface area contributed by atoms with Gasteiger partial charge in [-0.15, -0.1) is 0 Å². The van der Waals surface area contributed by atoms with Crippen LogP contribution in [0.4, 0.5) is 0 Å². The van der Waals surface area contributed by atoms with Gasteiger partial charge in [0.1, 0.15) is 11.8 Å². The first-order valence-electron chi connectivity index (χ1n) is 6.85. The maximum atomic E-state index is 11.0. The number of nitrogens with zero attached hydrogens (tertiary/aromatic N) is 3. The molecule has 0 radical (unpaired) electrons. The van der Waals surface area contributed by atoms with Crippen LogP contribution in [0.3, 0.4) is 0 Å². The number of hydrogen-bond donors (Lipinski definition) is 2. The quantitative estimate of drug-likeness (QED) is 0.839. The molecule has 0 bridgehead atoms. The lowest BCUT2D eigenvalue weighted by atomic mass is 9.75. The maximum absolute atomic E-state index is 11.0. The highest BCUT2D eigenvalue weighted by Crippen LogP contribution is 2.42. The fourth-order valence-electron chi connectivity index (χ4n) is 2.62. The van der Waals surface area contributed by atoms with Crippen molar-refractivity contribution >= 4 is 34.3 Å². The Balaban J connectivity index is 2.48. The van der Waals surface area contributed by atoms with Gasteiger partial charge in [-0.25, -0.2) is 4.99 Å². The van der Waals surface area contributed by atoms with Crippen molar-refractivity contribution in [2.24, 2.45) is 22.6 Å². The molecule has 0 spiro atoms. The summed E-state index contributed by atoms with van der Waals surface area (Å²) in [6, 6.07) is 11.5. The van der Waals surface area contributed by atoms with E-state index in [4.69, 9.17) is 17.3 Å². The van der Waals surface area contributed by atoms with E-state index >= 15 is 0 Å². The molecule has 2 rings (SSSR count). The summed E-state index contributed by atoms with van der Waals surface area (Å²) in [5.74, 6) is -2.16. The largest absolute Gasteiger partial charge is 0.369 e. The number of primary amides is 1. The number of carbonyl (C=O) groups is 1.